The smallest absolute Gasteiger partial charge is 0.263 e. The molecule has 152 valence electrons. The molecule has 2 rings (SSSR count). The van der Waals surface area contributed by atoms with Gasteiger partial charge in [0.15, 0.2) is 0 Å². The Bertz CT molecular complexity index is 669. The zero-order chi connectivity index (χ0) is 20.0. The van der Waals surface area contributed by atoms with Gasteiger partial charge in [0.25, 0.3) is 5.91 Å². The molecule has 1 amide bonds. The Morgan fingerprint density at radius 1 is 1.04 bits per heavy atom. The van der Waals surface area contributed by atoms with Crippen molar-refractivity contribution >= 4 is 17.5 Å². The van der Waals surface area contributed by atoms with Crippen molar-refractivity contribution in [3.05, 3.63) is 46.6 Å². The van der Waals surface area contributed by atoms with Crippen LogP contribution in [0.15, 0.2) is 36.0 Å². The van der Waals surface area contributed by atoms with Gasteiger partial charge in [-0.15, -0.1) is 0 Å². The summed E-state index contributed by atoms with van der Waals surface area (Å²) in [6.07, 6.45) is 14.8. The van der Waals surface area contributed by atoms with Crippen molar-refractivity contribution in [1.29, 1.82) is 5.26 Å². The maximum absolute atomic E-state index is 12.6. The van der Waals surface area contributed by atoms with Gasteiger partial charge in [-0.1, -0.05) is 87.6 Å². The van der Waals surface area contributed by atoms with E-state index in [4.69, 9.17) is 11.6 Å². The highest BCUT2D eigenvalue weighted by Gasteiger charge is 2.16. The van der Waals surface area contributed by atoms with Crippen molar-refractivity contribution in [3.63, 3.8) is 0 Å². The van der Waals surface area contributed by atoms with Gasteiger partial charge in [0, 0.05) is 23.8 Å². The number of carbonyl (C=O) groups excluding carboxylic acids is 1. The Balaban J connectivity index is 1.87. The van der Waals surface area contributed by atoms with Crippen LogP contribution in [-0.2, 0) is 11.3 Å². The standard InChI is InChI=1S/C23H32ClN3O/c24-22-15-11-10-12-19(22)17-26-18-20(16-25)23(28)27-21-13-8-6-4-2-1-3-5-7-9-14-21/h10-12,15,18,21,26H,1-9,13-14,17H2,(H,27,28)/b20-18-. The maximum atomic E-state index is 12.6. The van der Waals surface area contributed by atoms with Crippen molar-refractivity contribution < 1.29 is 4.79 Å². The van der Waals surface area contributed by atoms with Gasteiger partial charge < -0.3 is 10.6 Å². The monoisotopic (exact) mass is 401 g/mol. The molecule has 1 fully saturated rings. The SMILES string of the molecule is N#C/C(=C/NCc1ccccc1Cl)C(=O)NC1CCCCCCCCCCC1. The highest BCUT2D eigenvalue weighted by atomic mass is 35.5. The summed E-state index contributed by atoms with van der Waals surface area (Å²) in [6, 6.07) is 9.70. The van der Waals surface area contributed by atoms with Crippen LogP contribution in [0.25, 0.3) is 0 Å². The van der Waals surface area contributed by atoms with Crippen LogP contribution in [0.5, 0.6) is 0 Å². The fraction of sp³-hybridized carbons (Fsp3) is 0.565. The molecule has 1 saturated carbocycles. The van der Waals surface area contributed by atoms with Crippen molar-refractivity contribution in [2.45, 2.75) is 83.2 Å². The van der Waals surface area contributed by atoms with Crippen LogP contribution in [-0.4, -0.2) is 11.9 Å². The van der Waals surface area contributed by atoms with Crippen molar-refractivity contribution in [2.24, 2.45) is 0 Å². The van der Waals surface area contributed by atoms with E-state index in [-0.39, 0.29) is 17.5 Å². The van der Waals surface area contributed by atoms with E-state index in [0.29, 0.717) is 11.6 Å². The predicted octanol–water partition coefficient (Wildman–Crippen LogP) is 5.63. The van der Waals surface area contributed by atoms with E-state index >= 15 is 0 Å². The summed E-state index contributed by atoms with van der Waals surface area (Å²) >= 11 is 6.14. The Kier molecular flexibility index (Phi) is 10.5. The van der Waals surface area contributed by atoms with Gasteiger partial charge in [-0.2, -0.15) is 5.26 Å². The number of nitriles is 1. The average molecular weight is 402 g/mol. The molecule has 5 heteroatoms. The minimum absolute atomic E-state index is 0.109. The molecular formula is C23H32ClN3O. The number of halogens is 1. The van der Waals surface area contributed by atoms with E-state index in [1.807, 2.05) is 30.3 Å². The zero-order valence-electron chi connectivity index (χ0n) is 16.7. The van der Waals surface area contributed by atoms with Crippen LogP contribution in [0.4, 0.5) is 0 Å². The van der Waals surface area contributed by atoms with Crippen molar-refractivity contribution in [3.8, 4) is 6.07 Å². The number of carbonyl (C=O) groups is 1. The molecule has 4 nitrogen and oxygen atoms in total. The number of hydrogen-bond acceptors (Lipinski definition) is 3. The quantitative estimate of drug-likeness (QED) is 0.496. The van der Waals surface area contributed by atoms with E-state index in [1.54, 1.807) is 0 Å². The number of hydrogen-bond donors (Lipinski definition) is 2. The first-order valence-electron chi connectivity index (χ1n) is 10.6. The Morgan fingerprint density at radius 3 is 2.18 bits per heavy atom. The van der Waals surface area contributed by atoms with E-state index in [2.05, 4.69) is 10.6 Å². The van der Waals surface area contributed by atoms with Gasteiger partial charge in [-0.25, -0.2) is 0 Å². The molecule has 0 atom stereocenters. The molecule has 0 bridgehead atoms. The lowest BCUT2D eigenvalue weighted by molar-refractivity contribution is -0.117. The topological polar surface area (TPSA) is 64.9 Å². The van der Waals surface area contributed by atoms with E-state index in [0.717, 1.165) is 31.2 Å². The first kappa shape index (κ1) is 22.3. The second-order valence-electron chi connectivity index (χ2n) is 7.57. The normalized spacial score (nSPS) is 17.6. The predicted molar refractivity (Wildman–Crippen MR) is 115 cm³/mol. The first-order valence-corrected chi connectivity index (χ1v) is 11.0. The average Bonchev–Trinajstić information content (AvgIpc) is 2.68. The largest absolute Gasteiger partial charge is 0.386 e. The molecule has 0 radical (unpaired) electrons. The van der Waals surface area contributed by atoms with Gasteiger partial charge in [0.05, 0.1) is 0 Å². The Morgan fingerprint density at radius 2 is 1.61 bits per heavy atom. The third-order valence-electron chi connectivity index (χ3n) is 5.30. The number of nitrogens with zero attached hydrogens (tertiary/aromatic N) is 1. The van der Waals surface area contributed by atoms with Crippen LogP contribution in [0, 0.1) is 11.3 Å². The molecule has 1 aromatic carbocycles. The third kappa shape index (κ3) is 8.35. The molecule has 0 aliphatic heterocycles. The van der Waals surface area contributed by atoms with E-state index in [9.17, 15) is 10.1 Å². The maximum Gasteiger partial charge on any atom is 0.263 e. The fourth-order valence-electron chi connectivity index (χ4n) is 3.62. The van der Waals surface area contributed by atoms with Gasteiger partial charge in [0.2, 0.25) is 0 Å². The summed E-state index contributed by atoms with van der Waals surface area (Å²) in [5.74, 6) is -0.286. The summed E-state index contributed by atoms with van der Waals surface area (Å²) < 4.78 is 0. The Labute approximate surface area is 174 Å². The minimum atomic E-state index is -0.286. The number of benzene rings is 1. The van der Waals surface area contributed by atoms with Gasteiger partial charge in [0.1, 0.15) is 11.6 Å². The fourth-order valence-corrected chi connectivity index (χ4v) is 3.83. The molecular weight excluding hydrogens is 370 g/mol. The van der Waals surface area contributed by atoms with Crippen LogP contribution in [0.3, 0.4) is 0 Å². The van der Waals surface area contributed by atoms with Crippen LogP contribution in [0.1, 0.15) is 76.2 Å². The summed E-state index contributed by atoms with van der Waals surface area (Å²) in [5, 5.41) is 16.2. The van der Waals surface area contributed by atoms with Crippen molar-refractivity contribution in [1.82, 2.24) is 10.6 Å². The first-order chi connectivity index (χ1) is 13.7. The zero-order valence-corrected chi connectivity index (χ0v) is 17.4. The van der Waals surface area contributed by atoms with Crippen LogP contribution in [0.2, 0.25) is 5.02 Å². The second-order valence-corrected chi connectivity index (χ2v) is 7.98. The molecule has 28 heavy (non-hydrogen) atoms. The molecule has 2 N–H and O–H groups in total. The highest BCUT2D eigenvalue weighted by Crippen LogP contribution is 2.17. The summed E-state index contributed by atoms with van der Waals surface area (Å²) in [4.78, 5) is 12.6. The number of amides is 1. The minimum Gasteiger partial charge on any atom is -0.386 e. The molecule has 0 aromatic heterocycles. The molecule has 1 aliphatic rings. The van der Waals surface area contributed by atoms with E-state index < -0.39 is 0 Å². The third-order valence-corrected chi connectivity index (χ3v) is 5.67. The van der Waals surface area contributed by atoms with Crippen molar-refractivity contribution in [2.75, 3.05) is 0 Å². The number of nitrogens with one attached hydrogen (secondary N) is 2. The molecule has 0 saturated heterocycles. The van der Waals surface area contributed by atoms with Crippen LogP contribution < -0.4 is 10.6 Å². The van der Waals surface area contributed by atoms with Gasteiger partial charge >= 0.3 is 0 Å². The second kappa shape index (κ2) is 13.2. The summed E-state index contributed by atoms with van der Waals surface area (Å²) in [5.41, 5.74) is 1.04. The molecule has 0 unspecified atom stereocenters. The summed E-state index contributed by atoms with van der Waals surface area (Å²) in [6.45, 7) is 0.474. The van der Waals surface area contributed by atoms with Crippen LogP contribution >= 0.6 is 11.6 Å². The lowest BCUT2D eigenvalue weighted by atomic mass is 9.98. The lowest BCUT2D eigenvalue weighted by Crippen LogP contribution is -2.36. The molecule has 0 spiro atoms. The Hall–Kier alpha value is -1.99. The number of rotatable bonds is 5. The molecule has 1 aliphatic carbocycles. The lowest BCUT2D eigenvalue weighted by Gasteiger charge is -2.19. The molecule has 1 aromatic rings. The van der Waals surface area contributed by atoms with Gasteiger partial charge in [-0.05, 0) is 24.5 Å². The van der Waals surface area contributed by atoms with E-state index in [1.165, 1.54) is 51.1 Å². The van der Waals surface area contributed by atoms with Gasteiger partial charge in [-0.3, -0.25) is 4.79 Å². The molecule has 0 heterocycles. The summed E-state index contributed by atoms with van der Waals surface area (Å²) in [7, 11) is 0. The highest BCUT2D eigenvalue weighted by molar-refractivity contribution is 6.31.